The van der Waals surface area contributed by atoms with Gasteiger partial charge in [0, 0.05) is 41.0 Å². The first-order chi connectivity index (χ1) is 11.2. The molecule has 0 aliphatic heterocycles. The Morgan fingerprint density at radius 2 is 1.78 bits per heavy atom. The summed E-state index contributed by atoms with van der Waals surface area (Å²) < 4.78 is 16.7. The third kappa shape index (κ3) is 5.75. The summed E-state index contributed by atoms with van der Waals surface area (Å²) >= 11 is 0. The molecule has 1 aromatic carbocycles. The van der Waals surface area contributed by atoms with Crippen LogP contribution in [0.25, 0.3) is 0 Å². The summed E-state index contributed by atoms with van der Waals surface area (Å²) in [5.41, 5.74) is 1.35. The number of nitrogens with zero attached hydrogens (tertiary/aromatic N) is 1. The summed E-state index contributed by atoms with van der Waals surface area (Å²) in [4.78, 5) is 2.19. The van der Waals surface area contributed by atoms with Crippen LogP contribution in [0.5, 0.6) is 0 Å². The van der Waals surface area contributed by atoms with E-state index in [0.29, 0.717) is 0 Å². The van der Waals surface area contributed by atoms with E-state index in [1.165, 1.54) is 5.56 Å². The molecule has 0 fully saturated rings. The molecule has 0 heterocycles. The third-order valence-corrected chi connectivity index (χ3v) is 7.14. The molecule has 23 heavy (non-hydrogen) atoms. The van der Waals surface area contributed by atoms with Crippen molar-refractivity contribution in [2.75, 3.05) is 34.4 Å². The third-order valence-electron chi connectivity index (χ3n) is 3.97. The zero-order valence-corrected chi connectivity index (χ0v) is 15.7. The van der Waals surface area contributed by atoms with Gasteiger partial charge in [0.1, 0.15) is 0 Å². The molecular weight excluding hydrogens is 308 g/mol. The quantitative estimate of drug-likeness (QED) is 0.593. The van der Waals surface area contributed by atoms with Gasteiger partial charge in [0.15, 0.2) is 0 Å². The Morgan fingerprint density at radius 1 is 1.17 bits per heavy atom. The minimum atomic E-state index is -2.66. The molecule has 1 aromatic rings. The monoisotopic (exact) mass is 338 g/mol. The Morgan fingerprint density at radius 3 is 2.26 bits per heavy atom. The van der Waals surface area contributed by atoms with Crippen LogP contribution in [0.15, 0.2) is 43.1 Å². The predicted molar refractivity (Wildman–Crippen MR) is 95.9 cm³/mol. The maximum Gasteiger partial charge on any atom is 0.517 e. The molecule has 0 bridgehead atoms. The van der Waals surface area contributed by atoms with Gasteiger partial charge in [0.2, 0.25) is 0 Å². The molecule has 0 amide bonds. The van der Waals surface area contributed by atoms with Gasteiger partial charge in [-0.1, -0.05) is 43.8 Å². The van der Waals surface area contributed by atoms with Crippen LogP contribution < -0.4 is 5.32 Å². The molecule has 1 unspecified atom stereocenters. The number of rotatable bonds is 12. The van der Waals surface area contributed by atoms with Gasteiger partial charge >= 0.3 is 8.80 Å². The van der Waals surface area contributed by atoms with Crippen molar-refractivity contribution in [3.8, 4) is 0 Å². The first kappa shape index (κ1) is 19.9. The van der Waals surface area contributed by atoms with Crippen molar-refractivity contribution in [3.63, 3.8) is 0 Å². The molecule has 1 N–H and O–H groups in total. The van der Waals surface area contributed by atoms with Gasteiger partial charge in [-0.3, -0.25) is 0 Å². The van der Waals surface area contributed by atoms with Crippen LogP contribution in [-0.2, 0) is 19.8 Å². The van der Waals surface area contributed by atoms with Crippen molar-refractivity contribution in [1.29, 1.82) is 0 Å². The molecule has 0 radical (unpaired) electrons. The van der Waals surface area contributed by atoms with Crippen molar-refractivity contribution >= 4 is 8.80 Å². The van der Waals surface area contributed by atoms with Crippen LogP contribution in [-0.4, -0.2) is 53.8 Å². The van der Waals surface area contributed by atoms with Crippen molar-refractivity contribution in [2.45, 2.75) is 25.6 Å². The second kappa shape index (κ2) is 10.6. The van der Waals surface area contributed by atoms with Crippen molar-refractivity contribution in [3.05, 3.63) is 48.7 Å². The van der Waals surface area contributed by atoms with E-state index >= 15 is 0 Å². The molecule has 130 valence electrons. The Bertz CT molecular complexity index is 432. The SMILES string of the molecule is C=CN(CCNC(CC)[Si](OC)(OC)OC)Cc1ccccc1. The fourth-order valence-electron chi connectivity index (χ4n) is 2.63. The maximum atomic E-state index is 5.57. The van der Waals surface area contributed by atoms with Gasteiger partial charge in [0.25, 0.3) is 0 Å². The lowest BCUT2D eigenvalue weighted by Crippen LogP contribution is -2.60. The molecule has 0 spiro atoms. The van der Waals surface area contributed by atoms with Crippen molar-refractivity contribution < 1.29 is 13.3 Å². The molecule has 0 saturated carbocycles. The van der Waals surface area contributed by atoms with E-state index in [1.54, 1.807) is 21.3 Å². The lowest BCUT2D eigenvalue weighted by Gasteiger charge is -2.33. The molecule has 0 aliphatic carbocycles. The number of nitrogens with one attached hydrogen (secondary N) is 1. The highest BCUT2D eigenvalue weighted by Gasteiger charge is 2.46. The lowest BCUT2D eigenvalue weighted by molar-refractivity contribution is 0.106. The predicted octanol–water partition coefficient (Wildman–Crippen LogP) is 2.42. The summed E-state index contributed by atoms with van der Waals surface area (Å²) in [6.45, 7) is 8.52. The van der Waals surface area contributed by atoms with E-state index in [4.69, 9.17) is 13.3 Å². The molecular formula is C17H30N2O3Si. The Kier molecular flexibility index (Phi) is 9.12. The second-order valence-electron chi connectivity index (χ2n) is 5.27. The highest BCUT2D eigenvalue weighted by Crippen LogP contribution is 2.14. The summed E-state index contributed by atoms with van der Waals surface area (Å²) in [6, 6.07) is 10.4. The highest BCUT2D eigenvalue weighted by atomic mass is 28.4. The lowest BCUT2D eigenvalue weighted by atomic mass is 10.2. The first-order valence-corrected chi connectivity index (χ1v) is 9.75. The van der Waals surface area contributed by atoms with Crippen LogP contribution in [0.3, 0.4) is 0 Å². The van der Waals surface area contributed by atoms with E-state index in [1.807, 2.05) is 12.3 Å². The summed E-state index contributed by atoms with van der Waals surface area (Å²) in [5.74, 6) is 0. The summed E-state index contributed by atoms with van der Waals surface area (Å²) in [7, 11) is 2.28. The van der Waals surface area contributed by atoms with E-state index in [0.717, 1.165) is 26.1 Å². The summed E-state index contributed by atoms with van der Waals surface area (Å²) in [5, 5.41) is 3.51. The van der Waals surface area contributed by atoms with Gasteiger partial charge in [-0.25, -0.2) is 0 Å². The van der Waals surface area contributed by atoms with Crippen LogP contribution in [0, 0.1) is 0 Å². The van der Waals surface area contributed by atoms with Gasteiger partial charge in [0.05, 0.1) is 5.67 Å². The Hall–Kier alpha value is -1.18. The van der Waals surface area contributed by atoms with Crippen molar-refractivity contribution in [1.82, 2.24) is 10.2 Å². The zero-order valence-electron chi connectivity index (χ0n) is 14.7. The van der Waals surface area contributed by atoms with Gasteiger partial charge < -0.3 is 23.5 Å². The van der Waals surface area contributed by atoms with Crippen LogP contribution in [0.4, 0.5) is 0 Å². The molecule has 5 nitrogen and oxygen atoms in total. The fourth-order valence-corrected chi connectivity index (χ4v) is 4.88. The van der Waals surface area contributed by atoms with Gasteiger partial charge in [-0.05, 0) is 18.2 Å². The Labute approximate surface area is 141 Å². The van der Waals surface area contributed by atoms with Crippen molar-refractivity contribution in [2.24, 2.45) is 0 Å². The highest BCUT2D eigenvalue weighted by molar-refractivity contribution is 6.62. The minimum absolute atomic E-state index is 0.0749. The van der Waals surface area contributed by atoms with Gasteiger partial charge in [-0.2, -0.15) is 0 Å². The molecule has 0 aromatic heterocycles. The van der Waals surface area contributed by atoms with Crippen LogP contribution >= 0.6 is 0 Å². The fraction of sp³-hybridized carbons (Fsp3) is 0.529. The topological polar surface area (TPSA) is 43.0 Å². The normalized spacial score (nSPS) is 12.9. The van der Waals surface area contributed by atoms with Crippen LogP contribution in [0.1, 0.15) is 18.9 Å². The second-order valence-corrected chi connectivity index (χ2v) is 8.40. The maximum absolute atomic E-state index is 5.57. The van der Waals surface area contributed by atoms with Crippen LogP contribution in [0.2, 0.25) is 0 Å². The number of benzene rings is 1. The number of hydrogen-bond donors (Lipinski definition) is 1. The molecule has 6 heteroatoms. The smallest absolute Gasteiger partial charge is 0.376 e. The number of hydrogen-bond acceptors (Lipinski definition) is 5. The molecule has 1 atom stereocenters. The standard InChI is InChI=1S/C17H30N2O3Si/c1-6-17(23(20-3,21-4)22-5)18-13-14-19(7-2)15-16-11-9-8-10-12-16/h7-12,17-18H,2,6,13-15H2,1,3-5H3. The average Bonchev–Trinajstić information content (AvgIpc) is 2.61. The zero-order chi connectivity index (χ0) is 17.1. The Balaban J connectivity index is 2.53. The van der Waals surface area contributed by atoms with E-state index in [-0.39, 0.29) is 5.67 Å². The molecule has 1 rings (SSSR count). The summed E-state index contributed by atoms with van der Waals surface area (Å²) in [6.07, 6.45) is 2.76. The largest absolute Gasteiger partial charge is 0.517 e. The van der Waals surface area contributed by atoms with E-state index < -0.39 is 8.80 Å². The molecule has 0 aliphatic rings. The minimum Gasteiger partial charge on any atom is -0.376 e. The van der Waals surface area contributed by atoms with E-state index in [9.17, 15) is 0 Å². The average molecular weight is 339 g/mol. The van der Waals surface area contributed by atoms with Gasteiger partial charge in [-0.15, -0.1) is 0 Å². The van der Waals surface area contributed by atoms with E-state index in [2.05, 4.69) is 48.0 Å². The molecule has 0 saturated heterocycles. The first-order valence-electron chi connectivity index (χ1n) is 7.95.